The second-order valence-corrected chi connectivity index (χ2v) is 7.73. The topological polar surface area (TPSA) is 75.5 Å². The highest BCUT2D eigenvalue weighted by molar-refractivity contribution is 6.30. The molecule has 1 aromatic heterocycles. The number of carbonyl (C=O) groups is 1. The van der Waals surface area contributed by atoms with Gasteiger partial charge in [-0.2, -0.15) is 13.2 Å². The largest absolute Gasteiger partial charge is 0.494 e. The molecule has 2 atom stereocenters. The summed E-state index contributed by atoms with van der Waals surface area (Å²) >= 11 is 6.16. The van der Waals surface area contributed by atoms with Crippen LogP contribution in [0.5, 0.6) is 5.75 Å². The van der Waals surface area contributed by atoms with Crippen LogP contribution in [0.15, 0.2) is 36.4 Å². The summed E-state index contributed by atoms with van der Waals surface area (Å²) in [5.74, 6) is -3.20. The quantitative estimate of drug-likeness (QED) is 0.355. The van der Waals surface area contributed by atoms with Crippen LogP contribution in [-0.4, -0.2) is 34.5 Å². The minimum Gasteiger partial charge on any atom is -0.494 e. The van der Waals surface area contributed by atoms with Crippen molar-refractivity contribution in [3.8, 4) is 11.4 Å². The Balaban J connectivity index is 1.98. The van der Waals surface area contributed by atoms with E-state index in [1.165, 1.54) is 43.5 Å². The lowest BCUT2D eigenvalue weighted by atomic mass is 9.98. The zero-order valence-corrected chi connectivity index (χ0v) is 18.7. The number of hydrogen-bond donors (Lipinski definition) is 0. The van der Waals surface area contributed by atoms with Gasteiger partial charge in [0.2, 0.25) is 5.82 Å². The molecule has 2 aromatic carbocycles. The van der Waals surface area contributed by atoms with E-state index in [9.17, 15) is 18.0 Å². The highest BCUT2D eigenvalue weighted by atomic mass is 35.5. The molecule has 0 saturated heterocycles. The number of benzene rings is 2. The lowest BCUT2D eigenvalue weighted by molar-refractivity contribution is -0.147. The van der Waals surface area contributed by atoms with E-state index in [1.54, 1.807) is 6.92 Å². The molecule has 0 amide bonds. The molecule has 0 fully saturated rings. The standard InChI is InChI=1S/C22H18ClF4N3O4/c1-3-33-17(31)10-16-20-28-29-21(22(25,26)27)30(20)14-8-7-11(23)9-13(14)19(34-16)12-5-4-6-15(32-2)18(12)24/h4-9,16,19H,3,10H2,1-2H3/t16-,19-/m0/s1. The van der Waals surface area contributed by atoms with E-state index in [4.69, 9.17) is 25.8 Å². The molecule has 0 bridgehead atoms. The fraction of sp³-hybridized carbons (Fsp3) is 0.318. The van der Waals surface area contributed by atoms with Crippen molar-refractivity contribution < 1.29 is 36.6 Å². The van der Waals surface area contributed by atoms with Crippen molar-refractivity contribution in [1.82, 2.24) is 14.8 Å². The number of halogens is 5. The van der Waals surface area contributed by atoms with Crippen molar-refractivity contribution in [2.45, 2.75) is 31.7 Å². The third kappa shape index (κ3) is 4.32. The predicted molar refractivity (Wildman–Crippen MR) is 111 cm³/mol. The van der Waals surface area contributed by atoms with E-state index >= 15 is 4.39 Å². The van der Waals surface area contributed by atoms with E-state index < -0.39 is 42.4 Å². The van der Waals surface area contributed by atoms with Crippen LogP contribution in [0.3, 0.4) is 0 Å². The van der Waals surface area contributed by atoms with Gasteiger partial charge in [-0.1, -0.05) is 23.7 Å². The maximum atomic E-state index is 15.3. The highest BCUT2D eigenvalue weighted by Gasteiger charge is 2.44. The number of fused-ring (bicyclic) bond motifs is 3. The molecule has 0 radical (unpaired) electrons. The third-order valence-electron chi connectivity index (χ3n) is 5.20. The van der Waals surface area contributed by atoms with Crippen LogP contribution in [0.2, 0.25) is 5.02 Å². The molecule has 1 aliphatic heterocycles. The van der Waals surface area contributed by atoms with E-state index in [0.717, 1.165) is 4.57 Å². The van der Waals surface area contributed by atoms with Gasteiger partial charge < -0.3 is 14.2 Å². The van der Waals surface area contributed by atoms with Crippen molar-refractivity contribution >= 4 is 17.6 Å². The molecule has 3 aromatic rings. The first kappa shape index (κ1) is 24.0. The molecule has 0 saturated carbocycles. The lowest BCUT2D eigenvalue weighted by Gasteiger charge is -2.23. The molecule has 0 aliphatic carbocycles. The molecule has 4 rings (SSSR count). The Morgan fingerprint density at radius 3 is 2.65 bits per heavy atom. The van der Waals surface area contributed by atoms with Crippen molar-refractivity contribution in [3.05, 3.63) is 70.0 Å². The van der Waals surface area contributed by atoms with Gasteiger partial charge in [0.1, 0.15) is 12.2 Å². The first-order valence-corrected chi connectivity index (χ1v) is 10.5. The molecule has 1 aliphatic rings. The first-order valence-electron chi connectivity index (χ1n) is 10.1. The van der Waals surface area contributed by atoms with E-state index in [-0.39, 0.29) is 40.0 Å². The van der Waals surface area contributed by atoms with Gasteiger partial charge in [0, 0.05) is 16.1 Å². The zero-order valence-electron chi connectivity index (χ0n) is 17.9. The van der Waals surface area contributed by atoms with Crippen LogP contribution < -0.4 is 4.74 Å². The summed E-state index contributed by atoms with van der Waals surface area (Å²) in [7, 11) is 1.28. The Labute approximate surface area is 196 Å². The Morgan fingerprint density at radius 1 is 1.21 bits per heavy atom. The van der Waals surface area contributed by atoms with Gasteiger partial charge in [0.25, 0.3) is 0 Å². The number of nitrogens with zero attached hydrogens (tertiary/aromatic N) is 3. The summed E-state index contributed by atoms with van der Waals surface area (Å²) in [5, 5.41) is 7.18. The summed E-state index contributed by atoms with van der Waals surface area (Å²) in [6.45, 7) is 1.64. The van der Waals surface area contributed by atoms with E-state index in [0.29, 0.717) is 0 Å². The van der Waals surface area contributed by atoms with Gasteiger partial charge in [0.15, 0.2) is 17.4 Å². The molecular weight excluding hydrogens is 482 g/mol. The lowest BCUT2D eigenvalue weighted by Crippen LogP contribution is -2.18. The molecule has 12 heteroatoms. The van der Waals surface area contributed by atoms with Crippen molar-refractivity contribution in [3.63, 3.8) is 0 Å². The smallest absolute Gasteiger partial charge is 0.452 e. The Bertz CT molecular complexity index is 1230. The minimum atomic E-state index is -4.88. The molecular formula is C22H18ClF4N3O4. The summed E-state index contributed by atoms with van der Waals surface area (Å²) in [4.78, 5) is 12.3. The fourth-order valence-electron chi connectivity index (χ4n) is 3.80. The Hall–Kier alpha value is -3.18. The van der Waals surface area contributed by atoms with Crippen LogP contribution in [0.1, 0.15) is 48.3 Å². The number of carbonyl (C=O) groups excluding carboxylic acids is 1. The van der Waals surface area contributed by atoms with Gasteiger partial charge >= 0.3 is 12.1 Å². The Morgan fingerprint density at radius 2 is 1.97 bits per heavy atom. The van der Waals surface area contributed by atoms with Crippen LogP contribution in [0.4, 0.5) is 17.6 Å². The number of hydrogen-bond acceptors (Lipinski definition) is 6. The molecule has 180 valence electrons. The first-order chi connectivity index (χ1) is 16.2. The van der Waals surface area contributed by atoms with Crippen LogP contribution in [0.25, 0.3) is 5.69 Å². The number of ether oxygens (including phenoxy) is 3. The minimum absolute atomic E-state index is 0.0182. The van der Waals surface area contributed by atoms with Gasteiger partial charge in [-0.3, -0.25) is 9.36 Å². The van der Waals surface area contributed by atoms with Crippen molar-refractivity contribution in [2.24, 2.45) is 0 Å². The highest BCUT2D eigenvalue weighted by Crippen LogP contribution is 2.45. The van der Waals surface area contributed by atoms with Crippen LogP contribution >= 0.6 is 11.6 Å². The number of aromatic nitrogens is 3. The zero-order chi connectivity index (χ0) is 24.6. The summed E-state index contributed by atoms with van der Waals surface area (Å²) in [6, 6.07) is 8.40. The van der Waals surface area contributed by atoms with Gasteiger partial charge in [-0.15, -0.1) is 10.2 Å². The SMILES string of the molecule is CCOC(=O)C[C@@H]1O[C@@H](c2cccc(OC)c2F)c2cc(Cl)ccc2-n2c1nnc2C(F)(F)F. The summed E-state index contributed by atoms with van der Waals surface area (Å²) in [5.41, 5.74) is 0.0804. The van der Waals surface area contributed by atoms with E-state index in [1.807, 2.05) is 0 Å². The maximum Gasteiger partial charge on any atom is 0.452 e. The second-order valence-electron chi connectivity index (χ2n) is 7.30. The molecule has 2 heterocycles. The average Bonchev–Trinajstić information content (AvgIpc) is 3.18. The third-order valence-corrected chi connectivity index (χ3v) is 5.43. The molecule has 0 spiro atoms. The Kier molecular flexibility index (Phi) is 6.50. The number of esters is 1. The normalized spacial score (nSPS) is 17.5. The van der Waals surface area contributed by atoms with Crippen LogP contribution in [0, 0.1) is 5.82 Å². The van der Waals surface area contributed by atoms with Gasteiger partial charge in [-0.05, 0) is 31.2 Å². The number of alkyl halides is 3. The maximum absolute atomic E-state index is 15.3. The fourth-order valence-corrected chi connectivity index (χ4v) is 3.98. The monoisotopic (exact) mass is 499 g/mol. The molecule has 0 N–H and O–H groups in total. The van der Waals surface area contributed by atoms with Crippen molar-refractivity contribution in [2.75, 3.05) is 13.7 Å². The molecule has 0 unspecified atom stereocenters. The van der Waals surface area contributed by atoms with Gasteiger partial charge in [-0.25, -0.2) is 4.39 Å². The van der Waals surface area contributed by atoms with E-state index in [2.05, 4.69) is 10.2 Å². The van der Waals surface area contributed by atoms with Gasteiger partial charge in [0.05, 0.1) is 25.8 Å². The summed E-state index contributed by atoms with van der Waals surface area (Å²) < 4.78 is 73.7. The average molecular weight is 500 g/mol. The molecule has 34 heavy (non-hydrogen) atoms. The van der Waals surface area contributed by atoms with Crippen LogP contribution in [-0.2, 0) is 20.4 Å². The second kappa shape index (κ2) is 9.22. The number of rotatable bonds is 5. The number of methoxy groups -OCH3 is 1. The summed E-state index contributed by atoms with van der Waals surface area (Å²) in [6.07, 6.45) is -7.96. The van der Waals surface area contributed by atoms with Crippen molar-refractivity contribution in [1.29, 1.82) is 0 Å². The predicted octanol–water partition coefficient (Wildman–Crippen LogP) is 5.20. The molecule has 7 nitrogen and oxygen atoms in total.